The van der Waals surface area contributed by atoms with Crippen LogP contribution < -0.4 is 14.8 Å². The fraction of sp³-hybridized carbons (Fsp3) is 0.222. The second kappa shape index (κ2) is 9.79. The Morgan fingerprint density at radius 2 is 1.79 bits per heavy atom. The second-order valence-electron chi connectivity index (χ2n) is 8.93. The van der Waals surface area contributed by atoms with Gasteiger partial charge in [0.2, 0.25) is 5.88 Å². The quantitative estimate of drug-likeness (QED) is 0.311. The monoisotopic (exact) mass is 455 g/mol. The lowest BCUT2D eigenvalue weighted by Gasteiger charge is -2.22. The van der Waals surface area contributed by atoms with Gasteiger partial charge < -0.3 is 20.2 Å². The van der Waals surface area contributed by atoms with Crippen LogP contribution in [0.25, 0.3) is 0 Å². The summed E-state index contributed by atoms with van der Waals surface area (Å²) in [5.41, 5.74) is 3.46. The van der Waals surface area contributed by atoms with E-state index in [1.807, 2.05) is 60.7 Å². The van der Waals surface area contributed by atoms with Crippen molar-refractivity contribution in [2.45, 2.75) is 32.7 Å². The van der Waals surface area contributed by atoms with Gasteiger partial charge >= 0.3 is 0 Å². The Balaban J connectivity index is 1.58. The van der Waals surface area contributed by atoms with Crippen LogP contribution in [0.3, 0.4) is 0 Å². The summed E-state index contributed by atoms with van der Waals surface area (Å²) in [6.45, 7) is 7.00. The Hall–Kier alpha value is -4.13. The van der Waals surface area contributed by atoms with Gasteiger partial charge in [0.25, 0.3) is 0 Å². The molecule has 0 aliphatic carbocycles. The number of anilines is 2. The van der Waals surface area contributed by atoms with Crippen molar-refractivity contribution in [3.05, 3.63) is 89.7 Å². The van der Waals surface area contributed by atoms with Crippen LogP contribution in [-0.4, -0.2) is 28.1 Å². The molecule has 2 aromatic heterocycles. The molecule has 0 fully saturated rings. The molecule has 2 heterocycles. The van der Waals surface area contributed by atoms with E-state index >= 15 is 0 Å². The summed E-state index contributed by atoms with van der Waals surface area (Å²) in [5, 5.41) is 15.8. The molecule has 0 bridgehead atoms. The third kappa shape index (κ3) is 5.26. The van der Waals surface area contributed by atoms with Crippen LogP contribution in [0.5, 0.6) is 17.4 Å². The summed E-state index contributed by atoms with van der Waals surface area (Å²) < 4.78 is 13.3. The van der Waals surface area contributed by atoms with Crippen LogP contribution >= 0.6 is 0 Å². The van der Waals surface area contributed by atoms with Gasteiger partial charge in [-0.05, 0) is 41.3 Å². The number of nitrogens with zero attached hydrogens (tertiary/aromatic N) is 3. The molecule has 34 heavy (non-hydrogen) atoms. The standard InChI is InChI=1S/C27H29N5O2/c1-27(2,3)22-8-5-6-10-24(22)34-26-23(9-7-15-29-26)30-25-16-20(17-28)32(31-25)18-19-11-13-21(33-4)14-12-19/h5-17,28H,18H2,1-4H3,(H,30,31). The third-order valence-corrected chi connectivity index (χ3v) is 5.39. The average Bonchev–Trinajstić information content (AvgIpc) is 3.21. The van der Waals surface area contributed by atoms with Crippen molar-refractivity contribution in [1.29, 1.82) is 5.41 Å². The van der Waals surface area contributed by atoms with Gasteiger partial charge in [-0.1, -0.05) is 51.1 Å². The molecule has 7 heteroatoms. The minimum absolute atomic E-state index is 0.0714. The number of hydrogen-bond acceptors (Lipinski definition) is 6. The average molecular weight is 456 g/mol. The van der Waals surface area contributed by atoms with Crippen LogP contribution in [0.15, 0.2) is 72.9 Å². The molecular formula is C27H29N5O2. The number of ether oxygens (including phenoxy) is 2. The number of methoxy groups -OCH3 is 1. The molecule has 4 aromatic rings. The Bertz CT molecular complexity index is 1270. The van der Waals surface area contributed by atoms with E-state index < -0.39 is 0 Å². The minimum Gasteiger partial charge on any atom is -0.497 e. The summed E-state index contributed by atoms with van der Waals surface area (Å²) >= 11 is 0. The lowest BCUT2D eigenvalue weighted by molar-refractivity contribution is 0.414. The van der Waals surface area contributed by atoms with Gasteiger partial charge in [0, 0.05) is 24.0 Å². The van der Waals surface area contributed by atoms with E-state index in [1.54, 1.807) is 18.0 Å². The van der Waals surface area contributed by atoms with E-state index in [0.717, 1.165) is 22.6 Å². The maximum Gasteiger partial charge on any atom is 0.243 e. The number of benzene rings is 2. The predicted molar refractivity (Wildman–Crippen MR) is 135 cm³/mol. The first kappa shape index (κ1) is 23.0. The van der Waals surface area contributed by atoms with Crippen molar-refractivity contribution in [3.8, 4) is 17.4 Å². The van der Waals surface area contributed by atoms with Gasteiger partial charge in [0.1, 0.15) is 17.2 Å². The number of rotatable bonds is 8. The van der Waals surface area contributed by atoms with Crippen molar-refractivity contribution in [1.82, 2.24) is 14.8 Å². The highest BCUT2D eigenvalue weighted by atomic mass is 16.5. The lowest BCUT2D eigenvalue weighted by Crippen LogP contribution is -2.12. The summed E-state index contributed by atoms with van der Waals surface area (Å²) in [4.78, 5) is 4.45. The molecule has 0 amide bonds. The first-order chi connectivity index (χ1) is 16.4. The number of hydrogen-bond donors (Lipinski definition) is 2. The zero-order valence-electron chi connectivity index (χ0n) is 19.9. The van der Waals surface area contributed by atoms with Crippen LogP contribution in [0.2, 0.25) is 0 Å². The van der Waals surface area contributed by atoms with E-state index in [2.05, 4.69) is 42.2 Å². The Morgan fingerprint density at radius 3 is 2.50 bits per heavy atom. The molecule has 0 aliphatic heterocycles. The maximum absolute atomic E-state index is 7.81. The fourth-order valence-corrected chi connectivity index (χ4v) is 3.62. The third-order valence-electron chi connectivity index (χ3n) is 5.39. The molecular weight excluding hydrogens is 426 g/mol. The molecule has 0 aliphatic rings. The van der Waals surface area contributed by atoms with Crippen LogP contribution in [0.4, 0.5) is 11.5 Å². The highest BCUT2D eigenvalue weighted by Crippen LogP contribution is 2.36. The Labute approximate surface area is 199 Å². The Kier molecular flexibility index (Phi) is 6.63. The van der Waals surface area contributed by atoms with Gasteiger partial charge in [0.05, 0.1) is 19.3 Å². The number of pyridine rings is 1. The summed E-state index contributed by atoms with van der Waals surface area (Å²) in [6, 6.07) is 21.4. The van der Waals surface area contributed by atoms with Gasteiger partial charge in [-0.15, -0.1) is 0 Å². The fourth-order valence-electron chi connectivity index (χ4n) is 3.62. The summed E-state index contributed by atoms with van der Waals surface area (Å²) in [6.07, 6.45) is 2.99. The molecule has 0 spiro atoms. The molecule has 7 nitrogen and oxygen atoms in total. The number of nitrogens with one attached hydrogen (secondary N) is 2. The van der Waals surface area contributed by atoms with Crippen molar-refractivity contribution in [2.75, 3.05) is 12.4 Å². The van der Waals surface area contributed by atoms with E-state index in [9.17, 15) is 0 Å². The van der Waals surface area contributed by atoms with E-state index in [0.29, 0.717) is 29.6 Å². The minimum atomic E-state index is -0.0714. The number of para-hydroxylation sites is 1. The summed E-state index contributed by atoms with van der Waals surface area (Å²) in [7, 11) is 1.64. The van der Waals surface area contributed by atoms with E-state index in [4.69, 9.17) is 14.9 Å². The zero-order chi connectivity index (χ0) is 24.1. The van der Waals surface area contributed by atoms with Gasteiger partial charge in [-0.25, -0.2) is 4.98 Å². The number of aromatic nitrogens is 3. The Morgan fingerprint density at radius 1 is 1.03 bits per heavy atom. The second-order valence-corrected chi connectivity index (χ2v) is 8.93. The molecule has 174 valence electrons. The first-order valence-electron chi connectivity index (χ1n) is 11.1. The highest BCUT2D eigenvalue weighted by Gasteiger charge is 2.20. The zero-order valence-corrected chi connectivity index (χ0v) is 19.9. The first-order valence-corrected chi connectivity index (χ1v) is 11.1. The van der Waals surface area contributed by atoms with E-state index in [-0.39, 0.29) is 5.41 Å². The predicted octanol–water partition coefficient (Wildman–Crippen LogP) is 6.17. The van der Waals surface area contributed by atoms with Gasteiger partial charge in [-0.2, -0.15) is 5.10 Å². The molecule has 2 N–H and O–H groups in total. The molecule has 0 radical (unpaired) electrons. The van der Waals surface area contributed by atoms with Crippen LogP contribution in [0, 0.1) is 5.41 Å². The highest BCUT2D eigenvalue weighted by molar-refractivity contribution is 5.77. The maximum atomic E-state index is 7.81. The molecule has 0 unspecified atom stereocenters. The van der Waals surface area contributed by atoms with Crippen molar-refractivity contribution >= 4 is 17.7 Å². The van der Waals surface area contributed by atoms with Crippen molar-refractivity contribution < 1.29 is 9.47 Å². The molecule has 0 saturated carbocycles. The molecule has 0 saturated heterocycles. The largest absolute Gasteiger partial charge is 0.497 e. The molecule has 2 aromatic carbocycles. The van der Waals surface area contributed by atoms with Crippen molar-refractivity contribution in [3.63, 3.8) is 0 Å². The lowest BCUT2D eigenvalue weighted by atomic mass is 9.86. The van der Waals surface area contributed by atoms with E-state index in [1.165, 1.54) is 6.21 Å². The van der Waals surface area contributed by atoms with Crippen LogP contribution in [0.1, 0.15) is 37.6 Å². The smallest absolute Gasteiger partial charge is 0.243 e. The van der Waals surface area contributed by atoms with Gasteiger partial charge in [0.15, 0.2) is 5.82 Å². The van der Waals surface area contributed by atoms with Crippen molar-refractivity contribution in [2.24, 2.45) is 0 Å². The van der Waals surface area contributed by atoms with Gasteiger partial charge in [-0.3, -0.25) is 4.68 Å². The topological polar surface area (TPSA) is 85.1 Å². The van der Waals surface area contributed by atoms with Crippen LogP contribution in [-0.2, 0) is 12.0 Å². The SMILES string of the molecule is COc1ccc(Cn2nc(Nc3cccnc3Oc3ccccc3C(C)(C)C)cc2C=N)cc1. The molecule has 0 atom stereocenters. The normalized spacial score (nSPS) is 11.2. The summed E-state index contributed by atoms with van der Waals surface area (Å²) in [5.74, 6) is 2.63. The molecule has 4 rings (SSSR count).